The fourth-order valence-electron chi connectivity index (χ4n) is 2.20. The van der Waals surface area contributed by atoms with E-state index in [2.05, 4.69) is 11.1 Å². The number of pyridine rings is 1. The maximum atomic E-state index is 5.67. The fourth-order valence-corrected chi connectivity index (χ4v) is 2.37. The molecule has 2 nitrogen and oxygen atoms in total. The number of thiocarbonyl (C=S) groups is 1. The molecular weight excluding hydrogens is 192 g/mol. The van der Waals surface area contributed by atoms with E-state index in [4.69, 9.17) is 18.0 Å². The van der Waals surface area contributed by atoms with Gasteiger partial charge in [-0.1, -0.05) is 25.1 Å². The van der Waals surface area contributed by atoms with E-state index in [-0.39, 0.29) is 0 Å². The monoisotopic (exact) mass is 206 g/mol. The maximum absolute atomic E-state index is 5.67. The zero-order chi connectivity index (χ0) is 9.97. The van der Waals surface area contributed by atoms with Gasteiger partial charge in [0.15, 0.2) is 0 Å². The molecule has 0 aromatic carbocycles. The number of nitrogens with two attached hydrogens (primary N) is 1. The average Bonchev–Trinajstić information content (AvgIpc) is 2.70. The van der Waals surface area contributed by atoms with Crippen molar-refractivity contribution in [2.24, 2.45) is 5.73 Å². The van der Waals surface area contributed by atoms with Crippen molar-refractivity contribution in [3.63, 3.8) is 0 Å². The molecule has 0 amide bonds. The van der Waals surface area contributed by atoms with Crippen molar-refractivity contribution in [1.82, 2.24) is 4.98 Å². The van der Waals surface area contributed by atoms with Gasteiger partial charge in [-0.05, 0) is 30.4 Å². The van der Waals surface area contributed by atoms with Gasteiger partial charge in [0.05, 0.1) is 0 Å². The summed E-state index contributed by atoms with van der Waals surface area (Å²) in [5, 5.41) is 0. The predicted octanol–water partition coefficient (Wildman–Crippen LogP) is 2.37. The van der Waals surface area contributed by atoms with Gasteiger partial charge in [-0.25, -0.2) is 0 Å². The van der Waals surface area contributed by atoms with Crippen LogP contribution < -0.4 is 5.73 Å². The standard InChI is InChI=1S/C11H14N2S/c12-11(14)10-7-13-6-5-9(10)8-3-1-2-4-8/h5-8H,1-4H2,(H2,12,14). The predicted molar refractivity (Wildman–Crippen MR) is 61.3 cm³/mol. The van der Waals surface area contributed by atoms with Gasteiger partial charge in [-0.15, -0.1) is 0 Å². The van der Waals surface area contributed by atoms with Crippen molar-refractivity contribution in [1.29, 1.82) is 0 Å². The van der Waals surface area contributed by atoms with E-state index in [9.17, 15) is 0 Å². The molecule has 1 aromatic rings. The van der Waals surface area contributed by atoms with Gasteiger partial charge >= 0.3 is 0 Å². The van der Waals surface area contributed by atoms with Gasteiger partial charge in [0, 0.05) is 18.0 Å². The molecule has 74 valence electrons. The molecule has 0 radical (unpaired) electrons. The minimum atomic E-state index is 0.472. The lowest BCUT2D eigenvalue weighted by molar-refractivity contribution is 0.720. The zero-order valence-corrected chi connectivity index (χ0v) is 8.89. The van der Waals surface area contributed by atoms with E-state index < -0.39 is 0 Å². The van der Waals surface area contributed by atoms with Crippen molar-refractivity contribution >= 4 is 17.2 Å². The third kappa shape index (κ3) is 1.77. The highest BCUT2D eigenvalue weighted by atomic mass is 32.1. The van der Waals surface area contributed by atoms with Crippen LogP contribution in [0.15, 0.2) is 18.5 Å². The summed E-state index contributed by atoms with van der Waals surface area (Å²) in [6.45, 7) is 0. The van der Waals surface area contributed by atoms with E-state index in [1.165, 1.54) is 31.2 Å². The SMILES string of the molecule is NC(=S)c1cnccc1C1CCCC1. The van der Waals surface area contributed by atoms with Crippen molar-refractivity contribution in [3.8, 4) is 0 Å². The number of aromatic nitrogens is 1. The second-order valence-corrected chi connectivity index (χ2v) is 4.25. The normalized spacial score (nSPS) is 17.1. The van der Waals surface area contributed by atoms with Crippen LogP contribution in [0.25, 0.3) is 0 Å². The van der Waals surface area contributed by atoms with Gasteiger partial charge < -0.3 is 5.73 Å². The first kappa shape index (κ1) is 9.59. The lowest BCUT2D eigenvalue weighted by Crippen LogP contribution is -2.14. The first-order valence-electron chi connectivity index (χ1n) is 5.03. The minimum absolute atomic E-state index is 0.472. The highest BCUT2D eigenvalue weighted by Gasteiger charge is 2.20. The Labute approximate surface area is 89.5 Å². The molecule has 3 heteroatoms. The Morgan fingerprint density at radius 1 is 1.43 bits per heavy atom. The average molecular weight is 206 g/mol. The molecule has 1 fully saturated rings. The van der Waals surface area contributed by atoms with Crippen LogP contribution in [-0.4, -0.2) is 9.97 Å². The highest BCUT2D eigenvalue weighted by Crippen LogP contribution is 2.35. The van der Waals surface area contributed by atoms with E-state index in [1.54, 1.807) is 6.20 Å². The van der Waals surface area contributed by atoms with Crippen LogP contribution in [0.4, 0.5) is 0 Å². The molecule has 2 N–H and O–H groups in total. The van der Waals surface area contributed by atoms with Gasteiger partial charge in [0.25, 0.3) is 0 Å². The van der Waals surface area contributed by atoms with E-state index in [0.29, 0.717) is 10.9 Å². The largest absolute Gasteiger partial charge is 0.389 e. The van der Waals surface area contributed by atoms with E-state index >= 15 is 0 Å². The minimum Gasteiger partial charge on any atom is -0.389 e. The van der Waals surface area contributed by atoms with Gasteiger partial charge in [-0.3, -0.25) is 4.98 Å². The number of nitrogens with zero attached hydrogens (tertiary/aromatic N) is 1. The summed E-state index contributed by atoms with van der Waals surface area (Å²) in [5.74, 6) is 0.648. The second kappa shape index (κ2) is 4.05. The van der Waals surface area contributed by atoms with Crippen molar-refractivity contribution < 1.29 is 0 Å². The zero-order valence-electron chi connectivity index (χ0n) is 8.07. The Kier molecular flexibility index (Phi) is 2.77. The summed E-state index contributed by atoms with van der Waals surface area (Å²) in [5.41, 5.74) is 7.94. The molecule has 14 heavy (non-hydrogen) atoms. The van der Waals surface area contributed by atoms with Crippen LogP contribution >= 0.6 is 12.2 Å². The highest BCUT2D eigenvalue weighted by molar-refractivity contribution is 7.80. The molecule has 0 aliphatic heterocycles. The van der Waals surface area contributed by atoms with Crippen molar-refractivity contribution in [2.45, 2.75) is 31.6 Å². The Bertz CT molecular complexity index is 343. The molecule has 0 saturated heterocycles. The van der Waals surface area contributed by atoms with Crippen molar-refractivity contribution in [2.75, 3.05) is 0 Å². The van der Waals surface area contributed by atoms with Gasteiger partial charge in [0.2, 0.25) is 0 Å². The van der Waals surface area contributed by atoms with Crippen LogP contribution in [0, 0.1) is 0 Å². The van der Waals surface area contributed by atoms with Crippen LogP contribution in [0.1, 0.15) is 42.7 Å². The summed E-state index contributed by atoms with van der Waals surface area (Å²) in [4.78, 5) is 4.54. The maximum Gasteiger partial charge on any atom is 0.105 e. The third-order valence-electron chi connectivity index (χ3n) is 2.92. The molecule has 2 rings (SSSR count). The summed E-state index contributed by atoms with van der Waals surface area (Å²) in [6, 6.07) is 2.06. The topological polar surface area (TPSA) is 38.9 Å². The van der Waals surface area contributed by atoms with Gasteiger partial charge in [0.1, 0.15) is 4.99 Å². The van der Waals surface area contributed by atoms with E-state index in [1.807, 2.05) is 6.20 Å². The molecule has 1 saturated carbocycles. The third-order valence-corrected chi connectivity index (χ3v) is 3.14. The number of rotatable bonds is 2. The Morgan fingerprint density at radius 2 is 2.14 bits per heavy atom. The molecule has 1 aromatic heterocycles. The Hall–Kier alpha value is -0.960. The van der Waals surface area contributed by atoms with Crippen LogP contribution in [0.5, 0.6) is 0 Å². The molecule has 1 aliphatic carbocycles. The molecule has 1 heterocycles. The summed E-state index contributed by atoms with van der Waals surface area (Å²) < 4.78 is 0. The molecule has 1 aliphatic rings. The second-order valence-electron chi connectivity index (χ2n) is 3.81. The van der Waals surface area contributed by atoms with Crippen LogP contribution in [0.3, 0.4) is 0 Å². The Balaban J connectivity index is 2.35. The smallest absolute Gasteiger partial charge is 0.105 e. The van der Waals surface area contributed by atoms with Gasteiger partial charge in [-0.2, -0.15) is 0 Å². The van der Waals surface area contributed by atoms with Crippen molar-refractivity contribution in [3.05, 3.63) is 29.6 Å². The summed E-state index contributed by atoms with van der Waals surface area (Å²) in [6.07, 6.45) is 8.79. The van der Waals surface area contributed by atoms with Crippen LogP contribution in [-0.2, 0) is 0 Å². The quantitative estimate of drug-likeness (QED) is 0.755. The first-order valence-corrected chi connectivity index (χ1v) is 5.43. The lowest BCUT2D eigenvalue weighted by Gasteiger charge is -2.13. The van der Waals surface area contributed by atoms with E-state index in [0.717, 1.165) is 5.56 Å². The molecule has 0 unspecified atom stereocenters. The molecule has 0 atom stereocenters. The first-order chi connectivity index (χ1) is 6.79. The van der Waals surface area contributed by atoms with Crippen LogP contribution in [0.2, 0.25) is 0 Å². The fraction of sp³-hybridized carbons (Fsp3) is 0.455. The summed E-state index contributed by atoms with van der Waals surface area (Å²) >= 11 is 5.02. The lowest BCUT2D eigenvalue weighted by atomic mass is 9.94. The molecule has 0 bridgehead atoms. The molecular formula is C11H14N2S. The number of hydrogen-bond donors (Lipinski definition) is 1. The number of hydrogen-bond acceptors (Lipinski definition) is 2. The Morgan fingerprint density at radius 3 is 2.79 bits per heavy atom. The molecule has 0 spiro atoms. The summed E-state index contributed by atoms with van der Waals surface area (Å²) in [7, 11) is 0.